The summed E-state index contributed by atoms with van der Waals surface area (Å²) in [7, 11) is 0. The molecule has 148 valence electrons. The lowest BCUT2D eigenvalue weighted by Gasteiger charge is -2.14. The minimum Gasteiger partial charge on any atom is -0.494 e. The van der Waals surface area contributed by atoms with E-state index in [4.69, 9.17) is 4.74 Å². The number of ether oxygens (including phenoxy) is 1. The second-order valence-corrected chi connectivity index (χ2v) is 6.25. The first-order chi connectivity index (χ1) is 13.3. The maximum atomic E-state index is 12.4. The number of para-hydroxylation sites is 1. The molecule has 2 rings (SSSR count). The van der Waals surface area contributed by atoms with Crippen LogP contribution in [-0.4, -0.2) is 35.1 Å². The molecule has 0 aliphatic carbocycles. The van der Waals surface area contributed by atoms with E-state index in [1.165, 1.54) is 6.07 Å². The van der Waals surface area contributed by atoms with Crippen LogP contribution in [0.5, 0.6) is 5.75 Å². The number of hydrogen-bond acceptors (Lipinski definition) is 5. The Morgan fingerprint density at radius 3 is 2.46 bits per heavy atom. The van der Waals surface area contributed by atoms with Gasteiger partial charge in [-0.3, -0.25) is 19.7 Å². The first kappa shape index (κ1) is 20.9. The fraction of sp³-hybridized carbons (Fsp3) is 0.300. The summed E-state index contributed by atoms with van der Waals surface area (Å²) in [5, 5.41) is 23.2. The Balaban J connectivity index is 2.07. The quantitative estimate of drug-likeness (QED) is 0.505. The summed E-state index contributed by atoms with van der Waals surface area (Å²) in [5.41, 5.74) is 0.780. The number of nitro benzene ring substituents is 1. The van der Waals surface area contributed by atoms with Crippen LogP contribution < -0.4 is 10.1 Å². The van der Waals surface area contributed by atoms with Crippen LogP contribution in [0, 0.1) is 23.0 Å². The standard InChI is InChI=1S/C20H22N2O6/c1-3-28-16-9-7-14(8-10-16)11-15(20(24)25)12-21-19(23)17-6-4-5-13(2)18(17)22(26)27/h4-10,15H,3,11-12H2,1-2H3,(H,21,23)(H,24,25). The number of nitrogens with zero attached hydrogens (tertiary/aromatic N) is 1. The number of carboxylic acid groups (broad SMARTS) is 1. The van der Waals surface area contributed by atoms with E-state index in [0.717, 1.165) is 5.56 Å². The third-order valence-electron chi connectivity index (χ3n) is 4.24. The summed E-state index contributed by atoms with van der Waals surface area (Å²) in [5.74, 6) is -1.91. The summed E-state index contributed by atoms with van der Waals surface area (Å²) in [6, 6.07) is 11.5. The molecule has 2 aromatic carbocycles. The van der Waals surface area contributed by atoms with Gasteiger partial charge in [-0.15, -0.1) is 0 Å². The van der Waals surface area contributed by atoms with Gasteiger partial charge in [0.1, 0.15) is 11.3 Å². The first-order valence-corrected chi connectivity index (χ1v) is 8.80. The van der Waals surface area contributed by atoms with E-state index in [-0.39, 0.29) is 24.2 Å². The van der Waals surface area contributed by atoms with Gasteiger partial charge in [-0.2, -0.15) is 0 Å². The average molecular weight is 386 g/mol. The van der Waals surface area contributed by atoms with Crippen LogP contribution in [0.15, 0.2) is 42.5 Å². The summed E-state index contributed by atoms with van der Waals surface area (Å²) in [6.07, 6.45) is 0.206. The van der Waals surface area contributed by atoms with Crippen molar-refractivity contribution in [1.29, 1.82) is 0 Å². The lowest BCUT2D eigenvalue weighted by atomic mass is 9.99. The molecule has 1 amide bonds. The molecule has 1 unspecified atom stereocenters. The number of nitro groups is 1. The Morgan fingerprint density at radius 1 is 1.21 bits per heavy atom. The molecular weight excluding hydrogens is 364 g/mol. The molecule has 8 heteroatoms. The lowest BCUT2D eigenvalue weighted by molar-refractivity contribution is -0.385. The van der Waals surface area contributed by atoms with Crippen molar-refractivity contribution in [2.75, 3.05) is 13.2 Å². The van der Waals surface area contributed by atoms with Crippen LogP contribution in [0.1, 0.15) is 28.4 Å². The topological polar surface area (TPSA) is 119 Å². The van der Waals surface area contributed by atoms with Gasteiger partial charge in [0.25, 0.3) is 11.6 Å². The molecule has 2 aromatic rings. The van der Waals surface area contributed by atoms with E-state index >= 15 is 0 Å². The van der Waals surface area contributed by atoms with Gasteiger partial charge < -0.3 is 15.2 Å². The van der Waals surface area contributed by atoms with Gasteiger partial charge in [0, 0.05) is 12.1 Å². The molecule has 8 nitrogen and oxygen atoms in total. The minimum absolute atomic E-state index is 0.0878. The van der Waals surface area contributed by atoms with Gasteiger partial charge in [0.2, 0.25) is 0 Å². The summed E-state index contributed by atoms with van der Waals surface area (Å²) in [6.45, 7) is 3.80. The number of carbonyl (C=O) groups excluding carboxylic acids is 1. The molecule has 0 heterocycles. The van der Waals surface area contributed by atoms with E-state index in [1.807, 2.05) is 6.92 Å². The van der Waals surface area contributed by atoms with Crippen molar-refractivity contribution in [3.05, 3.63) is 69.3 Å². The lowest BCUT2D eigenvalue weighted by Crippen LogP contribution is -2.34. The maximum absolute atomic E-state index is 12.4. The van der Waals surface area contributed by atoms with Crippen LogP contribution in [0.4, 0.5) is 5.69 Å². The fourth-order valence-corrected chi connectivity index (χ4v) is 2.82. The predicted octanol–water partition coefficient (Wildman–Crippen LogP) is 2.98. The maximum Gasteiger partial charge on any atom is 0.308 e. The Kier molecular flexibility index (Phi) is 7.08. The number of carboxylic acids is 1. The normalized spacial score (nSPS) is 11.5. The molecule has 2 N–H and O–H groups in total. The van der Waals surface area contributed by atoms with Crippen molar-refractivity contribution >= 4 is 17.6 Å². The van der Waals surface area contributed by atoms with Gasteiger partial charge in [0.15, 0.2) is 0 Å². The van der Waals surface area contributed by atoms with Gasteiger partial charge in [0.05, 0.1) is 17.4 Å². The SMILES string of the molecule is CCOc1ccc(CC(CNC(=O)c2cccc(C)c2[N+](=O)[O-])C(=O)O)cc1. The minimum atomic E-state index is -1.06. The molecule has 0 aromatic heterocycles. The van der Waals surface area contributed by atoms with Gasteiger partial charge >= 0.3 is 5.97 Å². The second-order valence-electron chi connectivity index (χ2n) is 6.25. The van der Waals surface area contributed by atoms with Crippen molar-refractivity contribution in [1.82, 2.24) is 5.32 Å². The molecular formula is C20H22N2O6. The van der Waals surface area contributed by atoms with Crippen LogP contribution in [-0.2, 0) is 11.2 Å². The number of hydrogen-bond donors (Lipinski definition) is 2. The number of carbonyl (C=O) groups is 2. The number of rotatable bonds is 9. The van der Waals surface area contributed by atoms with Crippen molar-refractivity contribution in [2.24, 2.45) is 5.92 Å². The molecule has 0 bridgehead atoms. The van der Waals surface area contributed by atoms with E-state index in [0.29, 0.717) is 17.9 Å². The first-order valence-electron chi connectivity index (χ1n) is 8.80. The predicted molar refractivity (Wildman–Crippen MR) is 103 cm³/mol. The highest BCUT2D eigenvalue weighted by Gasteiger charge is 2.24. The molecule has 0 saturated carbocycles. The highest BCUT2D eigenvalue weighted by molar-refractivity contribution is 5.98. The smallest absolute Gasteiger partial charge is 0.308 e. The molecule has 0 aliphatic rings. The number of aryl methyl sites for hydroxylation is 1. The van der Waals surface area contributed by atoms with Gasteiger partial charge in [-0.05, 0) is 44.0 Å². The van der Waals surface area contributed by atoms with Gasteiger partial charge in [-0.1, -0.05) is 24.3 Å². The molecule has 1 atom stereocenters. The molecule has 28 heavy (non-hydrogen) atoms. The third kappa shape index (κ3) is 5.29. The molecule has 0 fully saturated rings. The molecule has 0 spiro atoms. The van der Waals surface area contributed by atoms with Crippen molar-refractivity contribution in [3.8, 4) is 5.75 Å². The number of aliphatic carboxylic acids is 1. The number of nitrogens with one attached hydrogen (secondary N) is 1. The second kappa shape index (κ2) is 9.50. The zero-order valence-corrected chi connectivity index (χ0v) is 15.7. The Morgan fingerprint density at radius 2 is 1.89 bits per heavy atom. The van der Waals surface area contributed by atoms with Crippen LogP contribution in [0.25, 0.3) is 0 Å². The number of benzene rings is 2. The molecule has 0 radical (unpaired) electrons. The highest BCUT2D eigenvalue weighted by atomic mass is 16.6. The van der Waals surface area contributed by atoms with E-state index in [2.05, 4.69) is 5.32 Å². The summed E-state index contributed by atoms with van der Waals surface area (Å²) in [4.78, 5) is 34.6. The third-order valence-corrected chi connectivity index (χ3v) is 4.24. The van der Waals surface area contributed by atoms with Crippen LogP contribution in [0.3, 0.4) is 0 Å². The summed E-state index contributed by atoms with van der Waals surface area (Å²) >= 11 is 0. The zero-order chi connectivity index (χ0) is 20.7. The highest BCUT2D eigenvalue weighted by Crippen LogP contribution is 2.23. The van der Waals surface area contributed by atoms with Crippen molar-refractivity contribution < 1.29 is 24.4 Å². The van der Waals surface area contributed by atoms with Crippen LogP contribution >= 0.6 is 0 Å². The monoisotopic (exact) mass is 386 g/mol. The average Bonchev–Trinajstić information content (AvgIpc) is 2.65. The van der Waals surface area contributed by atoms with Gasteiger partial charge in [-0.25, -0.2) is 0 Å². The Bertz CT molecular complexity index is 863. The van der Waals surface area contributed by atoms with Crippen molar-refractivity contribution in [3.63, 3.8) is 0 Å². The van der Waals surface area contributed by atoms with Crippen molar-refractivity contribution in [2.45, 2.75) is 20.3 Å². The number of amides is 1. The molecule has 0 aliphatic heterocycles. The Hall–Kier alpha value is -3.42. The Labute approximate surface area is 162 Å². The van der Waals surface area contributed by atoms with E-state index in [9.17, 15) is 24.8 Å². The van der Waals surface area contributed by atoms with Crippen LogP contribution in [0.2, 0.25) is 0 Å². The zero-order valence-electron chi connectivity index (χ0n) is 15.7. The van der Waals surface area contributed by atoms with E-state index in [1.54, 1.807) is 43.3 Å². The molecule has 0 saturated heterocycles. The summed E-state index contributed by atoms with van der Waals surface area (Å²) < 4.78 is 5.35. The largest absolute Gasteiger partial charge is 0.494 e. The van der Waals surface area contributed by atoms with E-state index < -0.39 is 22.7 Å². The fourth-order valence-electron chi connectivity index (χ4n) is 2.82.